The number of rotatable bonds is 1. The zero-order valence-electron chi connectivity index (χ0n) is 11.3. The van der Waals surface area contributed by atoms with E-state index in [1.54, 1.807) is 19.2 Å². The molecule has 0 bridgehead atoms. The van der Waals surface area contributed by atoms with Crippen molar-refractivity contribution < 1.29 is 11.0 Å². The molecule has 2 amide bonds. The average Bonchev–Trinajstić information content (AvgIpc) is 2.68. The number of amides is 2. The van der Waals surface area contributed by atoms with Crippen molar-refractivity contribution in [3.63, 3.8) is 0 Å². The molecule has 2 aromatic rings. The van der Waals surface area contributed by atoms with Crippen LogP contribution in [0.4, 0.5) is 0 Å². The molecule has 0 spiro atoms. The summed E-state index contributed by atoms with van der Waals surface area (Å²) in [6.45, 7) is 0. The lowest BCUT2D eigenvalue weighted by Gasteiger charge is -2.21. The first kappa shape index (κ1) is 10.5. The van der Waals surface area contributed by atoms with E-state index in [0.717, 1.165) is 0 Å². The lowest BCUT2D eigenvalue weighted by atomic mass is 9.90. The van der Waals surface area contributed by atoms with E-state index in [-0.39, 0.29) is 30.0 Å². The van der Waals surface area contributed by atoms with Crippen LogP contribution in [0.1, 0.15) is 25.7 Å². The third kappa shape index (κ3) is 1.85. The molecular weight excluding hydrogens is 246 g/mol. The Balaban J connectivity index is 2.15. The Morgan fingerprint density at radius 3 is 2.89 bits per heavy atom. The van der Waals surface area contributed by atoms with Gasteiger partial charge in [-0.1, -0.05) is 6.07 Å². The van der Waals surface area contributed by atoms with Gasteiger partial charge in [0.1, 0.15) is 0 Å². The Labute approximate surface area is 109 Å². The number of carbonyl (C=O) groups is 2. The van der Waals surface area contributed by atoms with Crippen LogP contribution in [0, 0.1) is 0 Å². The molecule has 2 heterocycles. The number of fused-ring (bicyclic) bond motifs is 1. The number of nitrogens with one attached hydrogen (secondary N) is 2. The smallest absolute Gasteiger partial charge is 0.306 e. The largest absolute Gasteiger partial charge is 0.326 e. The van der Waals surface area contributed by atoms with Crippen LogP contribution in [0.25, 0.3) is 11.0 Å². The maximum atomic E-state index is 11.9. The predicted molar refractivity (Wildman–Crippen MR) is 68.7 cm³/mol. The fourth-order valence-corrected chi connectivity index (χ4v) is 2.36. The molecule has 1 aromatic carbocycles. The summed E-state index contributed by atoms with van der Waals surface area (Å²) in [6, 6.07) is 3.51. The lowest BCUT2D eigenvalue weighted by Crippen LogP contribution is -2.39. The van der Waals surface area contributed by atoms with E-state index in [0.29, 0.717) is 23.0 Å². The van der Waals surface area contributed by atoms with Gasteiger partial charge in [-0.25, -0.2) is 4.79 Å². The van der Waals surface area contributed by atoms with Gasteiger partial charge in [0.25, 0.3) is 0 Å². The van der Waals surface area contributed by atoms with Crippen LogP contribution in [0.3, 0.4) is 0 Å². The van der Waals surface area contributed by atoms with Gasteiger partial charge in [0.05, 0.1) is 18.3 Å². The minimum atomic E-state index is -0.519. The number of hydrogen-bond acceptors (Lipinski definition) is 3. The van der Waals surface area contributed by atoms with Gasteiger partial charge >= 0.3 is 5.69 Å². The normalized spacial score (nSPS) is 20.5. The summed E-state index contributed by atoms with van der Waals surface area (Å²) >= 11 is 0. The van der Waals surface area contributed by atoms with Gasteiger partial charge in [-0.15, -0.1) is 0 Å². The summed E-state index contributed by atoms with van der Waals surface area (Å²) in [5.74, 6) is -1.18. The van der Waals surface area contributed by atoms with E-state index in [2.05, 4.69) is 10.3 Å². The fourth-order valence-electron chi connectivity index (χ4n) is 2.36. The second-order valence-electron chi connectivity index (χ2n) is 4.67. The Morgan fingerprint density at radius 1 is 1.37 bits per heavy atom. The highest BCUT2D eigenvalue weighted by Crippen LogP contribution is 2.26. The molecule has 1 atom stereocenters. The topological polar surface area (TPSA) is 84.0 Å². The molecule has 1 unspecified atom stereocenters. The number of hydrogen-bond donors (Lipinski definition) is 2. The van der Waals surface area contributed by atoms with Gasteiger partial charge in [0.15, 0.2) is 0 Å². The number of imide groups is 1. The van der Waals surface area contributed by atoms with E-state index < -0.39 is 5.92 Å². The highest BCUT2D eigenvalue weighted by atomic mass is 16.2. The summed E-state index contributed by atoms with van der Waals surface area (Å²) < 4.78 is 9.58. The third-order valence-corrected chi connectivity index (χ3v) is 3.44. The van der Waals surface area contributed by atoms with E-state index in [4.69, 9.17) is 1.37 Å². The van der Waals surface area contributed by atoms with Gasteiger partial charge in [-0.2, -0.15) is 0 Å². The molecule has 6 nitrogen and oxygen atoms in total. The van der Waals surface area contributed by atoms with Gasteiger partial charge in [0.2, 0.25) is 11.8 Å². The molecular formula is C13H13N3O3. The van der Waals surface area contributed by atoms with Crippen LogP contribution in [0.5, 0.6) is 0 Å². The molecule has 6 heteroatoms. The first-order valence-corrected chi connectivity index (χ1v) is 6.01. The minimum absolute atomic E-state index is 0.151. The number of aromatic amines is 1. The number of H-pyrrole nitrogens is 1. The Kier molecular flexibility index (Phi) is 2.26. The van der Waals surface area contributed by atoms with Crippen molar-refractivity contribution in [1.29, 1.82) is 0 Å². The second-order valence-corrected chi connectivity index (χ2v) is 4.67. The van der Waals surface area contributed by atoms with Crippen molar-refractivity contribution in [2.75, 3.05) is 0 Å². The number of aryl methyl sites for hydroxylation is 1. The standard InChI is InChI=1S/C13H13N3O3/c1-16-10-6-7(2-4-9(10)14-13(16)19)8-3-5-11(17)15-12(8)18/h2,4,6,8H,3,5H2,1H3,(H,14,19)(H,15,17,18)/i6D. The zero-order chi connectivity index (χ0) is 14.4. The maximum absolute atomic E-state index is 11.9. The Hall–Kier alpha value is -2.37. The summed E-state index contributed by atoms with van der Waals surface area (Å²) in [6.07, 6.45) is 0.653. The minimum Gasteiger partial charge on any atom is -0.306 e. The summed E-state index contributed by atoms with van der Waals surface area (Å²) in [5, 5.41) is 2.29. The number of imidazole rings is 1. The SMILES string of the molecule is [2H]c1c(C2CCC(=O)NC2=O)ccc2[nH]c(=O)n(C)c12. The van der Waals surface area contributed by atoms with Crippen molar-refractivity contribution >= 4 is 22.8 Å². The lowest BCUT2D eigenvalue weighted by molar-refractivity contribution is -0.134. The molecule has 1 saturated heterocycles. The number of carbonyl (C=O) groups excluding carboxylic acids is 2. The molecule has 1 aliphatic rings. The van der Waals surface area contributed by atoms with Gasteiger partial charge in [-0.05, 0) is 24.1 Å². The van der Waals surface area contributed by atoms with Crippen molar-refractivity contribution in [3.8, 4) is 0 Å². The molecule has 0 saturated carbocycles. The number of aromatic nitrogens is 2. The van der Waals surface area contributed by atoms with E-state index >= 15 is 0 Å². The van der Waals surface area contributed by atoms with E-state index in [1.807, 2.05) is 0 Å². The number of benzene rings is 1. The average molecular weight is 260 g/mol. The van der Waals surface area contributed by atoms with Crippen molar-refractivity contribution in [2.24, 2.45) is 7.05 Å². The van der Waals surface area contributed by atoms with Crippen molar-refractivity contribution in [3.05, 3.63) is 34.2 Å². The van der Waals surface area contributed by atoms with Crippen molar-refractivity contribution in [2.45, 2.75) is 18.8 Å². The monoisotopic (exact) mass is 260 g/mol. The summed E-state index contributed by atoms with van der Waals surface area (Å²) in [4.78, 5) is 37.3. The maximum Gasteiger partial charge on any atom is 0.326 e. The number of piperidine rings is 1. The highest BCUT2D eigenvalue weighted by molar-refractivity contribution is 6.01. The van der Waals surface area contributed by atoms with Gasteiger partial charge in [-0.3, -0.25) is 19.5 Å². The molecule has 0 radical (unpaired) electrons. The molecule has 19 heavy (non-hydrogen) atoms. The second kappa shape index (κ2) is 4.08. The van der Waals surface area contributed by atoms with Crippen LogP contribution in [0.15, 0.2) is 23.0 Å². The Bertz CT molecular complexity index is 790. The van der Waals surface area contributed by atoms with Crippen LogP contribution in [0.2, 0.25) is 0 Å². The van der Waals surface area contributed by atoms with E-state index in [9.17, 15) is 14.4 Å². The van der Waals surface area contributed by atoms with E-state index in [1.165, 1.54) is 4.57 Å². The summed E-state index contributed by atoms with van der Waals surface area (Å²) in [7, 11) is 1.58. The molecule has 0 aliphatic carbocycles. The van der Waals surface area contributed by atoms with Crippen molar-refractivity contribution in [1.82, 2.24) is 14.9 Å². The quantitative estimate of drug-likeness (QED) is 0.727. The predicted octanol–water partition coefficient (Wildman–Crippen LogP) is 0.387. The highest BCUT2D eigenvalue weighted by Gasteiger charge is 2.28. The molecule has 1 aromatic heterocycles. The molecule has 3 rings (SSSR count). The van der Waals surface area contributed by atoms with Crippen LogP contribution >= 0.6 is 0 Å². The van der Waals surface area contributed by atoms with Gasteiger partial charge in [0, 0.05) is 13.5 Å². The number of nitrogens with zero attached hydrogens (tertiary/aromatic N) is 1. The fraction of sp³-hybridized carbons (Fsp3) is 0.308. The first-order valence-electron chi connectivity index (χ1n) is 6.51. The van der Waals surface area contributed by atoms with Crippen LogP contribution in [-0.4, -0.2) is 21.4 Å². The molecule has 1 fully saturated rings. The zero-order valence-corrected chi connectivity index (χ0v) is 10.3. The van der Waals surface area contributed by atoms with Crippen LogP contribution in [-0.2, 0) is 16.6 Å². The third-order valence-electron chi connectivity index (χ3n) is 3.44. The van der Waals surface area contributed by atoms with Gasteiger partial charge < -0.3 is 4.98 Å². The summed E-state index contributed by atoms with van der Waals surface area (Å²) in [5.41, 5.74) is 1.28. The molecule has 1 aliphatic heterocycles. The Morgan fingerprint density at radius 2 is 2.16 bits per heavy atom. The molecule has 2 N–H and O–H groups in total. The first-order chi connectivity index (χ1) is 9.49. The van der Waals surface area contributed by atoms with Crippen LogP contribution < -0.4 is 11.0 Å². The molecule has 98 valence electrons.